The minimum atomic E-state index is -1.70. The minimum absolute atomic E-state index is 0.200. The molecule has 104 valence electrons. The van der Waals surface area contributed by atoms with Crippen molar-refractivity contribution in [2.24, 2.45) is 0 Å². The summed E-state index contributed by atoms with van der Waals surface area (Å²) in [4.78, 5) is 23.2. The summed E-state index contributed by atoms with van der Waals surface area (Å²) in [5.74, 6) is -1.03. The first-order chi connectivity index (χ1) is 8.05. The van der Waals surface area contributed by atoms with Gasteiger partial charge in [-0.2, -0.15) is 0 Å². The van der Waals surface area contributed by atoms with Crippen LogP contribution in [0.2, 0.25) is 13.1 Å². The topological polar surface area (TPSA) is 75.6 Å². The molecule has 5 nitrogen and oxygen atoms in total. The number of carbonyl (C=O) groups excluding carboxylic acids is 1. The number of alkyl carbamates (subject to hydrolysis) is 1. The molecule has 2 N–H and O–H groups in total. The van der Waals surface area contributed by atoms with Crippen molar-refractivity contribution < 1.29 is 19.4 Å². The van der Waals surface area contributed by atoms with E-state index in [1.807, 2.05) is 13.1 Å². The molecule has 0 aromatic heterocycles. The second-order valence-electron chi connectivity index (χ2n) is 5.55. The van der Waals surface area contributed by atoms with E-state index >= 15 is 0 Å². The first-order valence-corrected chi connectivity index (χ1v) is 8.79. The lowest BCUT2D eigenvalue weighted by Crippen LogP contribution is -2.62. The molecule has 1 unspecified atom stereocenters. The summed E-state index contributed by atoms with van der Waals surface area (Å²) in [6.45, 7) is 12.5. The van der Waals surface area contributed by atoms with Gasteiger partial charge in [-0.1, -0.05) is 19.2 Å². The third kappa shape index (κ3) is 4.52. The highest BCUT2D eigenvalue weighted by Crippen LogP contribution is 2.18. The molecule has 0 spiro atoms. The van der Waals surface area contributed by atoms with Crippen molar-refractivity contribution in [1.82, 2.24) is 5.32 Å². The molecule has 0 rings (SSSR count). The third-order valence-electron chi connectivity index (χ3n) is 2.56. The van der Waals surface area contributed by atoms with E-state index in [0.29, 0.717) is 0 Å². The van der Waals surface area contributed by atoms with Crippen LogP contribution in [0.25, 0.3) is 0 Å². The number of rotatable bonds is 5. The summed E-state index contributed by atoms with van der Waals surface area (Å²) in [6, 6.07) is 0. The van der Waals surface area contributed by atoms with Gasteiger partial charge in [0.25, 0.3) is 0 Å². The summed E-state index contributed by atoms with van der Waals surface area (Å²) in [5, 5.41) is 10.7. The Morgan fingerprint density at radius 2 is 1.89 bits per heavy atom. The van der Waals surface area contributed by atoms with E-state index in [1.54, 1.807) is 20.8 Å². The second-order valence-corrected chi connectivity index (χ2v) is 8.85. The maximum atomic E-state index is 11.7. The number of nitrogens with one attached hydrogen (secondary N) is 1. The highest BCUT2D eigenvalue weighted by Gasteiger charge is 2.43. The Kier molecular flexibility index (Phi) is 5.60. The third-order valence-corrected chi connectivity index (χ3v) is 5.16. The van der Waals surface area contributed by atoms with Crippen LogP contribution >= 0.6 is 0 Å². The maximum absolute atomic E-state index is 11.7. The summed E-state index contributed by atoms with van der Waals surface area (Å²) >= 11 is 0. The zero-order valence-corrected chi connectivity index (χ0v) is 12.9. The van der Waals surface area contributed by atoms with Crippen LogP contribution in [-0.4, -0.2) is 36.7 Å². The van der Waals surface area contributed by atoms with E-state index in [-0.39, 0.29) is 6.42 Å². The Labute approximate surface area is 110 Å². The van der Waals surface area contributed by atoms with Crippen LogP contribution in [0.4, 0.5) is 4.79 Å². The van der Waals surface area contributed by atoms with E-state index in [0.717, 1.165) is 0 Å². The summed E-state index contributed by atoms with van der Waals surface area (Å²) < 4.78 is 5.11. The number of hydrogen-bond donors (Lipinski definition) is 2. The number of carbonyl (C=O) groups is 2. The standard InChI is InChI=1S/C12H23NO4Si/c1-7-8-12(9(14)15,18(5)6)13-10(16)17-11(2,3)4/h7,18H,1,8H2,2-6H3,(H,13,16)(H,14,15). The van der Waals surface area contributed by atoms with Gasteiger partial charge in [-0.15, -0.1) is 6.58 Å². The van der Waals surface area contributed by atoms with Gasteiger partial charge in [0, 0.05) is 0 Å². The molecule has 0 heterocycles. The van der Waals surface area contributed by atoms with Crippen molar-refractivity contribution >= 4 is 20.9 Å². The van der Waals surface area contributed by atoms with Gasteiger partial charge in [-0.25, -0.2) is 4.79 Å². The van der Waals surface area contributed by atoms with Crippen LogP contribution < -0.4 is 5.32 Å². The molecule has 1 amide bonds. The lowest BCUT2D eigenvalue weighted by atomic mass is 10.2. The molecule has 0 aliphatic rings. The van der Waals surface area contributed by atoms with E-state index in [4.69, 9.17) is 4.74 Å². The number of ether oxygens (including phenoxy) is 1. The second kappa shape index (κ2) is 6.04. The quantitative estimate of drug-likeness (QED) is 0.593. The molecule has 0 radical (unpaired) electrons. The molecule has 6 heteroatoms. The van der Waals surface area contributed by atoms with Gasteiger partial charge in [-0.05, 0) is 27.2 Å². The molecule has 0 aromatic rings. The molecule has 0 fully saturated rings. The van der Waals surface area contributed by atoms with Crippen molar-refractivity contribution in [3.63, 3.8) is 0 Å². The number of hydrogen-bond acceptors (Lipinski definition) is 3. The summed E-state index contributed by atoms with van der Waals surface area (Å²) in [6.07, 6.45) is 1.01. The zero-order valence-electron chi connectivity index (χ0n) is 11.7. The Morgan fingerprint density at radius 3 is 2.17 bits per heavy atom. The predicted molar refractivity (Wildman–Crippen MR) is 73.4 cm³/mol. The lowest BCUT2D eigenvalue weighted by Gasteiger charge is -2.33. The van der Waals surface area contributed by atoms with Crippen LogP contribution in [-0.2, 0) is 9.53 Å². The zero-order chi connectivity index (χ0) is 14.6. The maximum Gasteiger partial charge on any atom is 0.408 e. The van der Waals surface area contributed by atoms with Crippen molar-refractivity contribution in [1.29, 1.82) is 0 Å². The van der Waals surface area contributed by atoms with Crippen LogP contribution in [0.15, 0.2) is 12.7 Å². The molecule has 0 bridgehead atoms. The normalized spacial score (nSPS) is 14.8. The molecule has 0 aliphatic heterocycles. The fraction of sp³-hybridized carbons (Fsp3) is 0.667. The SMILES string of the molecule is C=CCC(NC(=O)OC(C)(C)C)(C(=O)O)[SiH](C)C. The fourth-order valence-electron chi connectivity index (χ4n) is 1.53. The Bertz CT molecular complexity index is 335. The number of amides is 1. The molecule has 1 atom stereocenters. The van der Waals surface area contributed by atoms with E-state index < -0.39 is 31.6 Å². The summed E-state index contributed by atoms with van der Waals surface area (Å²) in [5.41, 5.74) is -0.652. The fourth-order valence-corrected chi connectivity index (χ4v) is 3.07. The number of aliphatic carboxylic acids is 1. The Hall–Kier alpha value is -1.30. The first kappa shape index (κ1) is 16.7. The van der Waals surface area contributed by atoms with Crippen LogP contribution in [0, 0.1) is 0 Å². The van der Waals surface area contributed by atoms with Crippen molar-refractivity contribution in [2.45, 2.75) is 51.0 Å². The van der Waals surface area contributed by atoms with Gasteiger partial charge >= 0.3 is 12.1 Å². The summed E-state index contributed by atoms with van der Waals surface area (Å²) in [7, 11) is -1.70. The smallest absolute Gasteiger partial charge is 0.408 e. The highest BCUT2D eigenvalue weighted by molar-refractivity contribution is 6.64. The molecular formula is C12H23NO4Si. The van der Waals surface area contributed by atoms with Crippen LogP contribution in [0.5, 0.6) is 0 Å². The highest BCUT2D eigenvalue weighted by atomic mass is 28.3. The first-order valence-electron chi connectivity index (χ1n) is 5.90. The molecule has 0 aliphatic carbocycles. The van der Waals surface area contributed by atoms with Gasteiger partial charge in [0.05, 0.1) is 8.80 Å². The Balaban J connectivity index is 5.06. The van der Waals surface area contributed by atoms with Gasteiger partial charge in [0.2, 0.25) is 0 Å². The van der Waals surface area contributed by atoms with Gasteiger partial charge in [0.15, 0.2) is 0 Å². The molecular weight excluding hydrogens is 250 g/mol. The average molecular weight is 273 g/mol. The van der Waals surface area contributed by atoms with Crippen LogP contribution in [0.1, 0.15) is 27.2 Å². The molecule has 18 heavy (non-hydrogen) atoms. The van der Waals surface area contributed by atoms with Crippen molar-refractivity contribution in [2.75, 3.05) is 0 Å². The van der Waals surface area contributed by atoms with Gasteiger partial charge < -0.3 is 15.2 Å². The van der Waals surface area contributed by atoms with E-state index in [2.05, 4.69) is 11.9 Å². The average Bonchev–Trinajstić information content (AvgIpc) is 2.12. The van der Waals surface area contributed by atoms with Crippen LogP contribution in [0.3, 0.4) is 0 Å². The molecule has 0 saturated carbocycles. The largest absolute Gasteiger partial charge is 0.480 e. The number of carboxylic acid groups (broad SMARTS) is 1. The molecule has 0 aromatic carbocycles. The Morgan fingerprint density at radius 1 is 1.39 bits per heavy atom. The minimum Gasteiger partial charge on any atom is -0.480 e. The van der Waals surface area contributed by atoms with E-state index in [9.17, 15) is 14.7 Å². The molecule has 0 saturated heterocycles. The van der Waals surface area contributed by atoms with E-state index in [1.165, 1.54) is 6.08 Å². The lowest BCUT2D eigenvalue weighted by molar-refractivity contribution is -0.141. The van der Waals surface area contributed by atoms with Gasteiger partial charge in [0.1, 0.15) is 10.8 Å². The van der Waals surface area contributed by atoms with Gasteiger partial charge in [-0.3, -0.25) is 4.79 Å². The monoisotopic (exact) mass is 273 g/mol. The van der Waals surface area contributed by atoms with Crippen molar-refractivity contribution in [3.8, 4) is 0 Å². The predicted octanol–water partition coefficient (Wildman–Crippen LogP) is 1.94. The number of carboxylic acids is 1. The van der Waals surface area contributed by atoms with Crippen molar-refractivity contribution in [3.05, 3.63) is 12.7 Å².